The van der Waals surface area contributed by atoms with Crippen molar-refractivity contribution in [3.63, 3.8) is 0 Å². The Morgan fingerprint density at radius 2 is 1.82 bits per heavy atom. The molecular formula is C14H19NOS. The third-order valence-electron chi connectivity index (χ3n) is 3.11. The summed E-state index contributed by atoms with van der Waals surface area (Å²) in [6.45, 7) is 4.33. The summed E-state index contributed by atoms with van der Waals surface area (Å²) < 4.78 is 0. The molecule has 0 saturated carbocycles. The summed E-state index contributed by atoms with van der Waals surface area (Å²) in [4.78, 5) is 14.3. The van der Waals surface area contributed by atoms with E-state index in [0.29, 0.717) is 0 Å². The molecule has 1 aromatic carbocycles. The van der Waals surface area contributed by atoms with Crippen LogP contribution >= 0.6 is 11.8 Å². The molecule has 2 nitrogen and oxygen atoms in total. The van der Waals surface area contributed by atoms with Gasteiger partial charge in [-0.05, 0) is 32.9 Å². The Hall–Kier alpha value is -0.800. The lowest BCUT2D eigenvalue weighted by atomic mass is 10.1. The highest BCUT2D eigenvalue weighted by molar-refractivity contribution is 8.14. The Labute approximate surface area is 107 Å². The molecule has 0 N–H and O–H groups in total. The van der Waals surface area contributed by atoms with Gasteiger partial charge in [0.05, 0.1) is 5.88 Å². The molecule has 1 aliphatic heterocycles. The minimum absolute atomic E-state index is 0.190. The molecule has 1 aliphatic rings. The fraction of sp³-hybridized carbons (Fsp3) is 0.500. The number of piperidine rings is 1. The van der Waals surface area contributed by atoms with Crippen molar-refractivity contribution < 1.29 is 4.79 Å². The number of nitrogens with zero attached hydrogens (tertiary/aromatic N) is 1. The van der Waals surface area contributed by atoms with Crippen LogP contribution < -0.4 is 0 Å². The van der Waals surface area contributed by atoms with Gasteiger partial charge in [0.25, 0.3) is 0 Å². The molecule has 0 aromatic heterocycles. The molecule has 92 valence electrons. The number of carbonyl (C=O) groups excluding carboxylic acids is 1. The monoisotopic (exact) mass is 249 g/mol. The number of rotatable bonds is 3. The van der Waals surface area contributed by atoms with Crippen LogP contribution in [0.25, 0.3) is 0 Å². The van der Waals surface area contributed by atoms with Crippen LogP contribution in [0.5, 0.6) is 0 Å². The lowest BCUT2D eigenvalue weighted by Crippen LogP contribution is -2.29. The van der Waals surface area contributed by atoms with Gasteiger partial charge in [0.15, 0.2) is 0 Å². The summed E-state index contributed by atoms with van der Waals surface area (Å²) in [6, 6.07) is 7.82. The molecule has 0 amide bonds. The molecule has 1 aromatic rings. The standard InChI is InChI=1S/C14H19NOS/c1-12-5-7-13(8-6-12)14(16)17-11-15-9-3-2-4-10-15/h5-8H,2-4,9-11H2,1H3. The van der Waals surface area contributed by atoms with Gasteiger partial charge < -0.3 is 0 Å². The zero-order valence-electron chi connectivity index (χ0n) is 10.3. The maximum Gasteiger partial charge on any atom is 0.220 e. The lowest BCUT2D eigenvalue weighted by Gasteiger charge is -2.25. The highest BCUT2D eigenvalue weighted by Gasteiger charge is 2.12. The summed E-state index contributed by atoms with van der Waals surface area (Å²) in [5.74, 6) is 0.840. The lowest BCUT2D eigenvalue weighted by molar-refractivity contribution is 0.108. The average molecular weight is 249 g/mol. The van der Waals surface area contributed by atoms with Gasteiger partial charge in [-0.15, -0.1) is 0 Å². The van der Waals surface area contributed by atoms with Crippen molar-refractivity contribution in [3.05, 3.63) is 35.4 Å². The van der Waals surface area contributed by atoms with Crippen molar-refractivity contribution in [2.24, 2.45) is 0 Å². The largest absolute Gasteiger partial charge is 0.294 e. The predicted octanol–water partition coefficient (Wildman–Crippen LogP) is 3.31. The molecule has 0 spiro atoms. The van der Waals surface area contributed by atoms with E-state index in [0.717, 1.165) is 24.5 Å². The van der Waals surface area contributed by atoms with Crippen LogP contribution in [-0.2, 0) is 0 Å². The van der Waals surface area contributed by atoms with Crippen molar-refractivity contribution in [1.29, 1.82) is 0 Å². The molecule has 1 saturated heterocycles. The highest BCUT2D eigenvalue weighted by atomic mass is 32.2. The SMILES string of the molecule is Cc1ccc(C(=O)SCN2CCCCC2)cc1. The van der Waals surface area contributed by atoms with E-state index in [9.17, 15) is 4.79 Å². The number of thioether (sulfide) groups is 1. The Bertz CT molecular complexity index is 368. The van der Waals surface area contributed by atoms with Crippen LogP contribution in [0.3, 0.4) is 0 Å². The molecule has 17 heavy (non-hydrogen) atoms. The summed E-state index contributed by atoms with van der Waals surface area (Å²) in [5.41, 5.74) is 2.01. The first-order valence-electron chi connectivity index (χ1n) is 6.22. The first-order valence-corrected chi connectivity index (χ1v) is 7.20. The molecular weight excluding hydrogens is 230 g/mol. The Morgan fingerprint density at radius 3 is 2.47 bits per heavy atom. The van der Waals surface area contributed by atoms with Crippen molar-refractivity contribution in [2.75, 3.05) is 19.0 Å². The van der Waals surface area contributed by atoms with E-state index in [1.54, 1.807) is 0 Å². The number of likely N-dealkylation sites (tertiary alicyclic amines) is 1. The van der Waals surface area contributed by atoms with E-state index in [1.807, 2.05) is 31.2 Å². The number of carbonyl (C=O) groups is 1. The van der Waals surface area contributed by atoms with Crippen LogP contribution in [0.15, 0.2) is 24.3 Å². The van der Waals surface area contributed by atoms with Crippen molar-refractivity contribution in [2.45, 2.75) is 26.2 Å². The zero-order chi connectivity index (χ0) is 12.1. The molecule has 1 fully saturated rings. The second-order valence-electron chi connectivity index (χ2n) is 4.61. The van der Waals surface area contributed by atoms with Gasteiger partial charge in [-0.1, -0.05) is 48.0 Å². The summed E-state index contributed by atoms with van der Waals surface area (Å²) in [7, 11) is 0. The molecule has 0 unspecified atom stereocenters. The van der Waals surface area contributed by atoms with Gasteiger partial charge in [0.2, 0.25) is 5.12 Å². The van der Waals surface area contributed by atoms with E-state index in [4.69, 9.17) is 0 Å². The molecule has 0 radical (unpaired) electrons. The molecule has 0 bridgehead atoms. The fourth-order valence-electron chi connectivity index (χ4n) is 2.01. The van der Waals surface area contributed by atoms with Gasteiger partial charge in [0.1, 0.15) is 0 Å². The number of hydrogen-bond acceptors (Lipinski definition) is 3. The number of benzene rings is 1. The van der Waals surface area contributed by atoms with Crippen LogP contribution in [0.1, 0.15) is 35.2 Å². The average Bonchev–Trinajstić information content (AvgIpc) is 2.38. The third kappa shape index (κ3) is 3.86. The number of hydrogen-bond donors (Lipinski definition) is 0. The maximum absolute atomic E-state index is 11.9. The van der Waals surface area contributed by atoms with Gasteiger partial charge in [-0.3, -0.25) is 9.69 Å². The van der Waals surface area contributed by atoms with E-state index in [2.05, 4.69) is 4.90 Å². The minimum atomic E-state index is 0.190. The van der Waals surface area contributed by atoms with E-state index in [1.165, 1.54) is 36.6 Å². The van der Waals surface area contributed by atoms with Crippen LogP contribution in [0.4, 0.5) is 0 Å². The molecule has 3 heteroatoms. The van der Waals surface area contributed by atoms with E-state index >= 15 is 0 Å². The predicted molar refractivity (Wildman–Crippen MR) is 73.4 cm³/mol. The zero-order valence-corrected chi connectivity index (χ0v) is 11.1. The first-order chi connectivity index (χ1) is 8.25. The van der Waals surface area contributed by atoms with E-state index < -0.39 is 0 Å². The Kier molecular flexibility index (Phi) is 4.63. The second-order valence-corrected chi connectivity index (χ2v) is 5.52. The van der Waals surface area contributed by atoms with Crippen molar-refractivity contribution in [3.8, 4) is 0 Å². The Morgan fingerprint density at radius 1 is 1.18 bits per heavy atom. The summed E-state index contributed by atoms with van der Waals surface area (Å²) >= 11 is 1.43. The molecule has 2 rings (SSSR count). The smallest absolute Gasteiger partial charge is 0.220 e. The maximum atomic E-state index is 11.9. The van der Waals surface area contributed by atoms with Crippen molar-refractivity contribution in [1.82, 2.24) is 4.90 Å². The quantitative estimate of drug-likeness (QED) is 0.819. The van der Waals surface area contributed by atoms with Crippen LogP contribution in [-0.4, -0.2) is 29.0 Å². The fourth-order valence-corrected chi connectivity index (χ4v) is 2.87. The first kappa shape index (κ1) is 12.7. The summed E-state index contributed by atoms with van der Waals surface area (Å²) in [6.07, 6.45) is 3.89. The van der Waals surface area contributed by atoms with Crippen molar-refractivity contribution >= 4 is 16.9 Å². The third-order valence-corrected chi connectivity index (χ3v) is 4.11. The normalized spacial score (nSPS) is 17.0. The van der Waals surface area contributed by atoms with E-state index in [-0.39, 0.29) is 5.12 Å². The number of aryl methyl sites for hydroxylation is 1. The van der Waals surface area contributed by atoms with Gasteiger partial charge >= 0.3 is 0 Å². The van der Waals surface area contributed by atoms with Gasteiger partial charge in [-0.25, -0.2) is 0 Å². The second kappa shape index (κ2) is 6.22. The summed E-state index contributed by atoms with van der Waals surface area (Å²) in [5, 5.41) is 0.190. The molecule has 0 atom stereocenters. The Balaban J connectivity index is 1.82. The highest BCUT2D eigenvalue weighted by Crippen LogP contribution is 2.17. The topological polar surface area (TPSA) is 20.3 Å². The van der Waals surface area contributed by atoms with Crippen LogP contribution in [0.2, 0.25) is 0 Å². The minimum Gasteiger partial charge on any atom is -0.294 e. The molecule has 1 heterocycles. The van der Waals surface area contributed by atoms with Gasteiger partial charge in [-0.2, -0.15) is 0 Å². The van der Waals surface area contributed by atoms with Crippen LogP contribution in [0, 0.1) is 6.92 Å². The molecule has 0 aliphatic carbocycles. The van der Waals surface area contributed by atoms with Gasteiger partial charge in [0, 0.05) is 5.56 Å².